The molecule has 2 aromatic carbocycles. The first kappa shape index (κ1) is 24.3. The van der Waals surface area contributed by atoms with E-state index in [-0.39, 0.29) is 12.3 Å². The van der Waals surface area contributed by atoms with Gasteiger partial charge in [-0.1, -0.05) is 55.8 Å². The van der Waals surface area contributed by atoms with Crippen LogP contribution in [0.5, 0.6) is 0 Å². The molecule has 2 aromatic rings. The number of aryl methyl sites for hydroxylation is 1. The average Bonchev–Trinajstić information content (AvgIpc) is 2.71. The highest BCUT2D eigenvalue weighted by Gasteiger charge is 2.46. The van der Waals surface area contributed by atoms with Crippen LogP contribution in [0.25, 0.3) is 11.1 Å². The number of carboxylic acids is 1. The summed E-state index contributed by atoms with van der Waals surface area (Å²) in [6, 6.07) is 11.7. The molecule has 1 heterocycles. The zero-order valence-corrected chi connectivity index (χ0v) is 19.1. The van der Waals surface area contributed by atoms with Gasteiger partial charge in [-0.15, -0.1) is 0 Å². The molecule has 1 saturated heterocycles. The van der Waals surface area contributed by atoms with Gasteiger partial charge in [0.05, 0.1) is 5.92 Å². The first-order valence-corrected chi connectivity index (χ1v) is 11.2. The Morgan fingerprint density at radius 1 is 1.09 bits per heavy atom. The Balaban J connectivity index is 2.11. The number of hydrogen-bond donors (Lipinski definition) is 1. The molecule has 1 N–H and O–H groups in total. The van der Waals surface area contributed by atoms with Crippen molar-refractivity contribution in [3.8, 4) is 11.1 Å². The lowest BCUT2D eigenvalue weighted by atomic mass is 9.84. The summed E-state index contributed by atoms with van der Waals surface area (Å²) in [6.45, 7) is 5.94. The lowest BCUT2D eigenvalue weighted by molar-refractivity contribution is -0.194. The number of nitrogens with zero attached hydrogens (tertiary/aromatic N) is 1. The zero-order valence-electron chi connectivity index (χ0n) is 19.1. The van der Waals surface area contributed by atoms with E-state index in [0.717, 1.165) is 22.3 Å². The molecule has 1 aliphatic rings. The van der Waals surface area contributed by atoms with Crippen molar-refractivity contribution in [3.05, 3.63) is 59.2 Å². The lowest BCUT2D eigenvalue weighted by Gasteiger charge is -2.41. The van der Waals surface area contributed by atoms with Crippen molar-refractivity contribution in [2.45, 2.75) is 70.6 Å². The van der Waals surface area contributed by atoms with E-state index in [0.29, 0.717) is 24.8 Å². The summed E-state index contributed by atoms with van der Waals surface area (Å²) in [7, 11) is 1.53. The number of likely N-dealkylation sites (tertiary alicyclic amines) is 1. The van der Waals surface area contributed by atoms with Crippen LogP contribution >= 0.6 is 0 Å². The van der Waals surface area contributed by atoms with E-state index in [4.69, 9.17) is 0 Å². The molecule has 0 amide bonds. The topological polar surface area (TPSA) is 40.5 Å². The molecule has 3 atom stereocenters. The summed E-state index contributed by atoms with van der Waals surface area (Å²) in [5, 5.41) is 9.92. The average molecular weight is 448 g/mol. The van der Waals surface area contributed by atoms with Crippen LogP contribution in [0.2, 0.25) is 0 Å². The summed E-state index contributed by atoms with van der Waals surface area (Å²) in [4.78, 5) is 13.5. The first-order chi connectivity index (χ1) is 15.0. The summed E-state index contributed by atoms with van der Waals surface area (Å²) in [6.07, 6.45) is -2.63. The standard InChI is InChI=1S/C26H32F3NO2/c1-16(2)12-22(25(31)32)20-13-19(18-10-8-17(3)9-11-18)14-21(15-20)23-6-5-7-24(30(23)4)26(27,28)29/h8-11,13-16,22-24H,5-7,12H2,1-4H3,(H,31,32). The second-order valence-electron chi connectivity index (χ2n) is 9.44. The largest absolute Gasteiger partial charge is 0.481 e. The minimum atomic E-state index is -4.29. The van der Waals surface area contributed by atoms with Gasteiger partial charge in [0, 0.05) is 6.04 Å². The Bertz CT molecular complexity index is 937. The van der Waals surface area contributed by atoms with Crippen molar-refractivity contribution in [1.82, 2.24) is 4.90 Å². The Kier molecular flexibility index (Phi) is 7.33. The second-order valence-corrected chi connectivity index (χ2v) is 9.44. The number of hydrogen-bond acceptors (Lipinski definition) is 2. The molecule has 6 heteroatoms. The molecule has 3 nitrogen and oxygen atoms in total. The van der Waals surface area contributed by atoms with Crippen LogP contribution < -0.4 is 0 Å². The molecule has 0 spiro atoms. The molecule has 1 fully saturated rings. The van der Waals surface area contributed by atoms with E-state index < -0.39 is 30.1 Å². The number of alkyl halides is 3. The summed E-state index contributed by atoms with van der Waals surface area (Å²) < 4.78 is 40.8. The van der Waals surface area contributed by atoms with Gasteiger partial charge in [-0.2, -0.15) is 13.2 Å². The predicted octanol–water partition coefficient (Wildman–Crippen LogP) is 6.96. The molecular formula is C26H32F3NO2. The third-order valence-corrected chi connectivity index (χ3v) is 6.47. The van der Waals surface area contributed by atoms with Gasteiger partial charge < -0.3 is 5.11 Å². The number of benzene rings is 2. The van der Waals surface area contributed by atoms with Crippen molar-refractivity contribution >= 4 is 5.97 Å². The number of piperidine rings is 1. The fourth-order valence-corrected chi connectivity index (χ4v) is 4.76. The van der Waals surface area contributed by atoms with E-state index in [1.165, 1.54) is 11.9 Å². The Morgan fingerprint density at radius 3 is 2.31 bits per heavy atom. The van der Waals surface area contributed by atoms with Crippen molar-refractivity contribution < 1.29 is 23.1 Å². The Morgan fingerprint density at radius 2 is 1.75 bits per heavy atom. The highest BCUT2D eigenvalue weighted by atomic mass is 19.4. The van der Waals surface area contributed by atoms with Crippen LogP contribution in [-0.2, 0) is 4.79 Å². The molecule has 32 heavy (non-hydrogen) atoms. The third kappa shape index (κ3) is 5.52. The monoisotopic (exact) mass is 447 g/mol. The highest BCUT2D eigenvalue weighted by Crippen LogP contribution is 2.41. The SMILES string of the molecule is Cc1ccc(-c2cc(C(CC(C)C)C(=O)O)cc(C3CCCC(C(F)(F)F)N3C)c2)cc1. The number of halogens is 3. The quantitative estimate of drug-likeness (QED) is 0.520. The number of aliphatic carboxylic acids is 1. The van der Waals surface area contributed by atoms with E-state index in [1.54, 1.807) is 0 Å². The van der Waals surface area contributed by atoms with E-state index in [9.17, 15) is 23.1 Å². The van der Waals surface area contributed by atoms with Gasteiger partial charge in [-0.05, 0) is 73.9 Å². The minimum Gasteiger partial charge on any atom is -0.481 e. The number of carboxylic acid groups (broad SMARTS) is 1. The van der Waals surface area contributed by atoms with E-state index in [1.807, 2.05) is 63.2 Å². The molecule has 0 aliphatic carbocycles. The second kappa shape index (κ2) is 9.65. The predicted molar refractivity (Wildman–Crippen MR) is 121 cm³/mol. The zero-order chi connectivity index (χ0) is 23.6. The van der Waals surface area contributed by atoms with Gasteiger partial charge in [0.15, 0.2) is 0 Å². The molecule has 0 saturated carbocycles. The van der Waals surface area contributed by atoms with Crippen LogP contribution in [0.4, 0.5) is 13.2 Å². The number of carbonyl (C=O) groups is 1. The fourth-order valence-electron chi connectivity index (χ4n) is 4.76. The van der Waals surface area contributed by atoms with Gasteiger partial charge >= 0.3 is 12.1 Å². The van der Waals surface area contributed by atoms with Crippen LogP contribution in [0.1, 0.15) is 68.2 Å². The maximum absolute atomic E-state index is 13.6. The summed E-state index contributed by atoms with van der Waals surface area (Å²) >= 11 is 0. The molecule has 0 bridgehead atoms. The normalized spacial score (nSPS) is 21.0. The van der Waals surface area contributed by atoms with E-state index in [2.05, 4.69) is 0 Å². The Labute approximate surface area is 188 Å². The Hall–Kier alpha value is -2.34. The smallest absolute Gasteiger partial charge is 0.404 e. The van der Waals surface area contributed by atoms with Gasteiger partial charge in [0.1, 0.15) is 6.04 Å². The van der Waals surface area contributed by atoms with E-state index >= 15 is 0 Å². The van der Waals surface area contributed by atoms with Gasteiger partial charge in [-0.3, -0.25) is 9.69 Å². The highest BCUT2D eigenvalue weighted by molar-refractivity contribution is 5.77. The van der Waals surface area contributed by atoms with Crippen molar-refractivity contribution in [2.24, 2.45) is 5.92 Å². The molecule has 3 unspecified atom stereocenters. The van der Waals surface area contributed by atoms with Gasteiger partial charge in [-0.25, -0.2) is 0 Å². The third-order valence-electron chi connectivity index (χ3n) is 6.47. The van der Waals surface area contributed by atoms with Crippen molar-refractivity contribution in [2.75, 3.05) is 7.05 Å². The van der Waals surface area contributed by atoms with Crippen molar-refractivity contribution in [1.29, 1.82) is 0 Å². The minimum absolute atomic E-state index is 0.0894. The van der Waals surface area contributed by atoms with Crippen LogP contribution in [0, 0.1) is 12.8 Å². The molecule has 1 aliphatic heterocycles. The molecule has 0 aromatic heterocycles. The van der Waals surface area contributed by atoms with Gasteiger partial charge in [0.2, 0.25) is 0 Å². The van der Waals surface area contributed by atoms with Crippen molar-refractivity contribution in [3.63, 3.8) is 0 Å². The summed E-state index contributed by atoms with van der Waals surface area (Å²) in [5.74, 6) is -1.43. The fraction of sp³-hybridized carbons (Fsp3) is 0.500. The van der Waals surface area contributed by atoms with Gasteiger partial charge in [0.25, 0.3) is 0 Å². The maximum atomic E-state index is 13.6. The first-order valence-electron chi connectivity index (χ1n) is 11.2. The molecule has 0 radical (unpaired) electrons. The summed E-state index contributed by atoms with van der Waals surface area (Å²) in [5.41, 5.74) is 4.29. The lowest BCUT2D eigenvalue weighted by Crippen LogP contribution is -2.47. The van der Waals surface area contributed by atoms with Crippen LogP contribution in [-0.4, -0.2) is 35.2 Å². The van der Waals surface area contributed by atoms with Crippen LogP contribution in [0.3, 0.4) is 0 Å². The molecule has 3 rings (SSSR count). The maximum Gasteiger partial charge on any atom is 0.404 e. The number of rotatable bonds is 6. The molecule has 174 valence electrons. The van der Waals surface area contributed by atoms with Crippen LogP contribution in [0.15, 0.2) is 42.5 Å². The molecular weight excluding hydrogens is 415 g/mol.